The number of benzene rings is 1. The van der Waals surface area contributed by atoms with Crippen molar-refractivity contribution >= 4 is 18.4 Å². The Hall–Kier alpha value is -1.62. The minimum Gasteiger partial charge on any atom is -0.368 e. The molecule has 0 aliphatic carbocycles. The van der Waals surface area contributed by atoms with Crippen LogP contribution < -0.4 is 5.32 Å². The quantitative estimate of drug-likeness (QED) is 0.818. The van der Waals surface area contributed by atoms with Gasteiger partial charge in [-0.15, -0.1) is 10.2 Å². The van der Waals surface area contributed by atoms with Crippen LogP contribution in [0.4, 0.5) is 10.2 Å². The maximum Gasteiger partial charge on any atom is 0.148 e. The van der Waals surface area contributed by atoms with E-state index in [4.69, 9.17) is 0 Å². The summed E-state index contributed by atoms with van der Waals surface area (Å²) in [5, 5.41) is 11.2. The predicted molar refractivity (Wildman–Crippen MR) is 69.8 cm³/mol. The molecule has 17 heavy (non-hydrogen) atoms. The summed E-state index contributed by atoms with van der Waals surface area (Å²) in [5.41, 5.74) is 1.57. The monoisotopic (exact) mass is 249 g/mol. The van der Waals surface area contributed by atoms with Crippen LogP contribution in [0.5, 0.6) is 0 Å². The molecular weight excluding hydrogens is 237 g/mol. The molecule has 0 aliphatic heterocycles. The van der Waals surface area contributed by atoms with Gasteiger partial charge in [-0.05, 0) is 36.4 Å². The first-order valence-corrected chi connectivity index (χ1v) is 5.87. The first kappa shape index (κ1) is 11.9. The Morgan fingerprint density at radius 1 is 1.06 bits per heavy atom. The molecule has 0 atom stereocenters. The molecule has 1 aromatic carbocycles. The maximum absolute atomic E-state index is 12.8. The molecule has 0 saturated carbocycles. The highest BCUT2D eigenvalue weighted by molar-refractivity contribution is 7.80. The molecule has 3 nitrogen and oxygen atoms in total. The van der Waals surface area contributed by atoms with Crippen molar-refractivity contribution in [2.24, 2.45) is 0 Å². The minimum atomic E-state index is -0.256. The van der Waals surface area contributed by atoms with Crippen molar-refractivity contribution in [3.63, 3.8) is 0 Å². The maximum atomic E-state index is 12.8. The van der Waals surface area contributed by atoms with E-state index in [0.29, 0.717) is 5.82 Å². The minimum absolute atomic E-state index is 0.256. The third kappa shape index (κ3) is 3.17. The van der Waals surface area contributed by atoms with E-state index >= 15 is 0 Å². The van der Waals surface area contributed by atoms with Crippen molar-refractivity contribution in [1.82, 2.24) is 10.2 Å². The van der Waals surface area contributed by atoms with Gasteiger partial charge in [0.1, 0.15) is 11.6 Å². The summed E-state index contributed by atoms with van der Waals surface area (Å²) in [7, 11) is 0. The zero-order chi connectivity index (χ0) is 12.1. The van der Waals surface area contributed by atoms with Gasteiger partial charge in [0.15, 0.2) is 0 Å². The summed E-state index contributed by atoms with van der Waals surface area (Å²) in [4.78, 5) is 0. The van der Waals surface area contributed by atoms with E-state index in [1.165, 1.54) is 12.1 Å². The van der Waals surface area contributed by atoms with Gasteiger partial charge in [-0.25, -0.2) is 4.39 Å². The average Bonchev–Trinajstić information content (AvgIpc) is 2.38. The molecule has 2 aromatic rings. The van der Waals surface area contributed by atoms with E-state index < -0.39 is 0 Å². The Morgan fingerprint density at radius 2 is 1.82 bits per heavy atom. The van der Waals surface area contributed by atoms with Crippen LogP contribution in [0.3, 0.4) is 0 Å². The molecule has 88 valence electrons. The van der Waals surface area contributed by atoms with E-state index in [0.717, 1.165) is 23.6 Å². The number of halogens is 1. The lowest BCUT2D eigenvalue weighted by molar-refractivity contribution is 0.628. The Labute approximate surface area is 104 Å². The summed E-state index contributed by atoms with van der Waals surface area (Å²) in [6.45, 7) is 0.744. The Morgan fingerprint density at radius 3 is 2.41 bits per heavy atom. The van der Waals surface area contributed by atoms with Crippen molar-refractivity contribution in [3.05, 3.63) is 42.2 Å². The van der Waals surface area contributed by atoms with Crippen LogP contribution in [-0.4, -0.2) is 22.5 Å². The molecule has 0 fully saturated rings. The van der Waals surface area contributed by atoms with Crippen LogP contribution in [0.2, 0.25) is 0 Å². The summed E-state index contributed by atoms with van der Waals surface area (Å²) in [6, 6.07) is 9.87. The number of nitrogens with one attached hydrogen (secondary N) is 1. The van der Waals surface area contributed by atoms with E-state index in [1.807, 2.05) is 12.1 Å². The van der Waals surface area contributed by atoms with Gasteiger partial charge in [-0.3, -0.25) is 0 Å². The van der Waals surface area contributed by atoms with Gasteiger partial charge >= 0.3 is 0 Å². The van der Waals surface area contributed by atoms with Crippen molar-refractivity contribution in [2.45, 2.75) is 0 Å². The zero-order valence-corrected chi connectivity index (χ0v) is 9.99. The van der Waals surface area contributed by atoms with Gasteiger partial charge in [-0.2, -0.15) is 12.6 Å². The molecule has 0 aliphatic rings. The molecule has 0 radical (unpaired) electrons. The van der Waals surface area contributed by atoms with Gasteiger partial charge < -0.3 is 5.32 Å². The van der Waals surface area contributed by atoms with Gasteiger partial charge in [0, 0.05) is 17.9 Å². The molecule has 1 aromatic heterocycles. The number of hydrogen-bond donors (Lipinski definition) is 2. The molecule has 2 rings (SSSR count). The van der Waals surface area contributed by atoms with Gasteiger partial charge in [0.2, 0.25) is 0 Å². The third-order valence-corrected chi connectivity index (χ3v) is 2.45. The van der Waals surface area contributed by atoms with Gasteiger partial charge in [-0.1, -0.05) is 0 Å². The Bertz CT molecular complexity index is 470. The lowest BCUT2D eigenvalue weighted by atomic mass is 10.1. The molecule has 0 bridgehead atoms. The molecule has 1 N–H and O–H groups in total. The summed E-state index contributed by atoms with van der Waals surface area (Å²) >= 11 is 4.09. The highest BCUT2D eigenvalue weighted by Gasteiger charge is 2.00. The van der Waals surface area contributed by atoms with E-state index in [1.54, 1.807) is 12.1 Å². The smallest absolute Gasteiger partial charge is 0.148 e. The predicted octanol–water partition coefficient (Wildman–Crippen LogP) is 2.62. The van der Waals surface area contributed by atoms with Gasteiger partial charge in [0.05, 0.1) is 5.69 Å². The van der Waals surface area contributed by atoms with E-state index in [2.05, 4.69) is 28.1 Å². The normalized spacial score (nSPS) is 10.2. The SMILES string of the molecule is Fc1ccc(-c2ccc(NCCS)nn2)cc1. The van der Waals surface area contributed by atoms with Crippen LogP contribution in [0, 0.1) is 5.82 Å². The van der Waals surface area contributed by atoms with Gasteiger partial charge in [0.25, 0.3) is 0 Å². The first-order chi connectivity index (χ1) is 8.29. The van der Waals surface area contributed by atoms with Crippen molar-refractivity contribution < 1.29 is 4.39 Å². The van der Waals surface area contributed by atoms with Crippen LogP contribution in [-0.2, 0) is 0 Å². The van der Waals surface area contributed by atoms with Crippen LogP contribution in [0.1, 0.15) is 0 Å². The second-order valence-electron chi connectivity index (χ2n) is 3.46. The van der Waals surface area contributed by atoms with E-state index in [9.17, 15) is 4.39 Å². The molecular formula is C12H12FN3S. The summed E-state index contributed by atoms with van der Waals surface area (Å²) in [6.07, 6.45) is 0. The third-order valence-electron chi connectivity index (χ3n) is 2.22. The number of hydrogen-bond acceptors (Lipinski definition) is 4. The largest absolute Gasteiger partial charge is 0.368 e. The van der Waals surface area contributed by atoms with E-state index in [-0.39, 0.29) is 5.82 Å². The molecule has 0 unspecified atom stereocenters. The number of thiol groups is 1. The number of nitrogens with zero attached hydrogens (tertiary/aromatic N) is 2. The fraction of sp³-hybridized carbons (Fsp3) is 0.167. The number of rotatable bonds is 4. The van der Waals surface area contributed by atoms with Crippen molar-refractivity contribution in [2.75, 3.05) is 17.6 Å². The summed E-state index contributed by atoms with van der Waals surface area (Å²) < 4.78 is 12.8. The second kappa shape index (κ2) is 5.63. The van der Waals surface area contributed by atoms with Crippen LogP contribution in [0.15, 0.2) is 36.4 Å². The second-order valence-corrected chi connectivity index (χ2v) is 3.91. The lowest BCUT2D eigenvalue weighted by Gasteiger charge is -2.03. The molecule has 0 saturated heterocycles. The van der Waals surface area contributed by atoms with Crippen LogP contribution >= 0.6 is 12.6 Å². The standard InChI is InChI=1S/C12H12FN3S/c13-10-3-1-9(2-4-10)11-5-6-12(16-15-11)14-7-8-17/h1-6,17H,7-8H2,(H,14,16). The topological polar surface area (TPSA) is 37.8 Å². The number of anilines is 1. The average molecular weight is 249 g/mol. The molecule has 0 spiro atoms. The van der Waals surface area contributed by atoms with Crippen molar-refractivity contribution in [3.8, 4) is 11.3 Å². The molecule has 0 amide bonds. The van der Waals surface area contributed by atoms with Crippen molar-refractivity contribution in [1.29, 1.82) is 0 Å². The zero-order valence-electron chi connectivity index (χ0n) is 9.10. The number of aromatic nitrogens is 2. The highest BCUT2D eigenvalue weighted by Crippen LogP contribution is 2.17. The Balaban J connectivity index is 2.14. The fourth-order valence-electron chi connectivity index (χ4n) is 1.39. The molecule has 1 heterocycles. The lowest BCUT2D eigenvalue weighted by Crippen LogP contribution is -2.05. The van der Waals surface area contributed by atoms with Crippen LogP contribution in [0.25, 0.3) is 11.3 Å². The highest BCUT2D eigenvalue weighted by atomic mass is 32.1. The Kier molecular flexibility index (Phi) is 3.93. The summed E-state index contributed by atoms with van der Waals surface area (Å²) in [5.74, 6) is 1.19. The fourth-order valence-corrected chi connectivity index (χ4v) is 1.50. The molecule has 5 heteroatoms. The first-order valence-electron chi connectivity index (χ1n) is 5.24.